The molecule has 0 aliphatic rings. The third-order valence-corrected chi connectivity index (χ3v) is 13.2. The lowest BCUT2D eigenvalue weighted by molar-refractivity contribution is 1.11. The van der Waals surface area contributed by atoms with Crippen molar-refractivity contribution >= 4 is 43.6 Å². The van der Waals surface area contributed by atoms with Gasteiger partial charge in [0.25, 0.3) is 0 Å². The van der Waals surface area contributed by atoms with Crippen molar-refractivity contribution in [1.82, 2.24) is 29.1 Å². The van der Waals surface area contributed by atoms with Crippen molar-refractivity contribution < 1.29 is 0 Å². The van der Waals surface area contributed by atoms with E-state index in [1.54, 1.807) is 0 Å². The second-order valence-electron chi connectivity index (χ2n) is 17.3. The number of aromatic nitrogens is 6. The predicted octanol–water partition coefficient (Wildman–Crippen LogP) is 15.3. The molecule has 0 radical (unpaired) electrons. The van der Waals surface area contributed by atoms with E-state index in [2.05, 4.69) is 155 Å². The number of benzene rings is 9. The van der Waals surface area contributed by atoms with E-state index < -0.39 is 0 Å². The summed E-state index contributed by atoms with van der Waals surface area (Å²) in [5.74, 6) is 0.924. The number of nitrogens with zero attached hydrogens (tertiary/aromatic N) is 7. The average Bonchev–Trinajstić information content (AvgIpc) is 3.95. The Morgan fingerprint density at radius 3 is 1.06 bits per heavy atom. The van der Waals surface area contributed by atoms with Crippen LogP contribution in [-0.4, -0.2) is 29.1 Å². The molecule has 70 heavy (non-hydrogen) atoms. The van der Waals surface area contributed by atoms with E-state index in [1.165, 1.54) is 10.8 Å². The van der Waals surface area contributed by atoms with Crippen molar-refractivity contribution in [3.05, 3.63) is 242 Å². The van der Waals surface area contributed by atoms with Crippen LogP contribution in [0.2, 0.25) is 0 Å². The predicted molar refractivity (Wildman–Crippen MR) is 284 cm³/mol. The molecule has 13 aromatic rings. The molecule has 4 aromatic heterocycles. The van der Waals surface area contributed by atoms with Gasteiger partial charge in [0, 0.05) is 60.6 Å². The molecule has 13 rings (SSSR count). The van der Waals surface area contributed by atoms with Gasteiger partial charge in [0.15, 0.2) is 11.6 Å². The second kappa shape index (κ2) is 16.8. The van der Waals surface area contributed by atoms with Gasteiger partial charge in [-0.25, -0.2) is 19.9 Å². The molecular formula is C63H39N7. The normalized spacial score (nSPS) is 11.4. The Hall–Kier alpha value is -9.77. The van der Waals surface area contributed by atoms with Gasteiger partial charge in [-0.1, -0.05) is 176 Å². The number of rotatable bonds is 8. The molecule has 0 amide bonds. The minimum absolute atomic E-state index is 0.424. The Morgan fingerprint density at radius 2 is 0.657 bits per heavy atom. The number of nitriles is 1. The Kier molecular flexibility index (Phi) is 9.74. The summed E-state index contributed by atoms with van der Waals surface area (Å²) in [5.41, 5.74) is 14.6. The van der Waals surface area contributed by atoms with Crippen molar-refractivity contribution in [2.75, 3.05) is 0 Å². The van der Waals surface area contributed by atoms with Crippen LogP contribution in [0.3, 0.4) is 0 Å². The standard InChI is InChI=1S/C63H39N7/c64-40-41-35-51(62-65-53(42-19-5-1-6-20-42)38-54(66-62)43-21-7-2-8-22-43)61(52(36-41)63-67-55(44-23-9-3-10-24-44)39-56(68-63)45-25-11-4-12-26-45)70-59-32-18-15-29-49(59)50-37-46(33-34-60(50)70)69-57-30-16-13-27-47(57)48-28-14-17-31-58(48)69/h1-39H. The van der Waals surface area contributed by atoms with Crippen LogP contribution in [0.25, 0.3) is 123 Å². The van der Waals surface area contributed by atoms with Crippen molar-refractivity contribution in [3.8, 4) is 85.2 Å². The molecule has 326 valence electrons. The van der Waals surface area contributed by atoms with Gasteiger partial charge < -0.3 is 9.13 Å². The fraction of sp³-hybridized carbons (Fsp3) is 0. The maximum atomic E-state index is 11.0. The summed E-state index contributed by atoms with van der Waals surface area (Å²) in [4.78, 5) is 21.6. The summed E-state index contributed by atoms with van der Waals surface area (Å²) >= 11 is 0. The van der Waals surface area contributed by atoms with Gasteiger partial charge in [-0.3, -0.25) is 0 Å². The van der Waals surface area contributed by atoms with Crippen LogP contribution >= 0.6 is 0 Å². The van der Waals surface area contributed by atoms with Crippen LogP contribution in [0.1, 0.15) is 5.56 Å². The van der Waals surface area contributed by atoms with Gasteiger partial charge in [0.1, 0.15) is 0 Å². The number of para-hydroxylation sites is 3. The summed E-state index contributed by atoms with van der Waals surface area (Å²) < 4.78 is 4.66. The van der Waals surface area contributed by atoms with Gasteiger partial charge in [0.05, 0.1) is 62.2 Å². The zero-order valence-corrected chi connectivity index (χ0v) is 37.6. The van der Waals surface area contributed by atoms with E-state index in [4.69, 9.17) is 19.9 Å². The van der Waals surface area contributed by atoms with Crippen molar-refractivity contribution in [2.45, 2.75) is 0 Å². The zero-order chi connectivity index (χ0) is 46.5. The lowest BCUT2D eigenvalue weighted by atomic mass is 9.99. The first-order chi connectivity index (χ1) is 34.7. The Bertz CT molecular complexity index is 3860. The molecule has 4 heterocycles. The number of hydrogen-bond donors (Lipinski definition) is 0. The summed E-state index contributed by atoms with van der Waals surface area (Å²) in [5, 5.41) is 15.5. The van der Waals surface area contributed by atoms with Crippen LogP contribution in [0, 0.1) is 11.3 Å². The topological polar surface area (TPSA) is 85.2 Å². The SMILES string of the molecule is N#Cc1cc(-c2nc(-c3ccccc3)cc(-c3ccccc3)n2)c(-n2c3ccccc3c3cc(-n4c5ccccc5c5ccccc54)ccc32)c(-c2nc(-c3ccccc3)cc(-c3ccccc3)n2)c1. The summed E-state index contributed by atoms with van der Waals surface area (Å²) in [6.07, 6.45) is 0. The van der Waals surface area contributed by atoms with E-state index in [0.717, 1.165) is 89.2 Å². The molecule has 0 saturated carbocycles. The molecule has 0 atom stereocenters. The summed E-state index contributed by atoms with van der Waals surface area (Å²) in [6.45, 7) is 0. The fourth-order valence-electron chi connectivity index (χ4n) is 9.98. The number of hydrogen-bond acceptors (Lipinski definition) is 5. The van der Waals surface area contributed by atoms with E-state index >= 15 is 0 Å². The monoisotopic (exact) mass is 893 g/mol. The molecule has 0 unspecified atom stereocenters. The molecule has 7 heteroatoms. The molecule has 7 nitrogen and oxygen atoms in total. The van der Waals surface area contributed by atoms with Gasteiger partial charge in [-0.05, 0) is 60.7 Å². The van der Waals surface area contributed by atoms with Crippen LogP contribution in [0.4, 0.5) is 0 Å². The molecule has 0 aliphatic carbocycles. The van der Waals surface area contributed by atoms with Crippen LogP contribution < -0.4 is 0 Å². The summed E-state index contributed by atoms with van der Waals surface area (Å²) in [6, 6.07) is 83.6. The Labute approximate surface area is 403 Å². The quantitative estimate of drug-likeness (QED) is 0.152. The first kappa shape index (κ1) is 40.5. The minimum Gasteiger partial charge on any atom is -0.309 e. The zero-order valence-electron chi connectivity index (χ0n) is 37.6. The maximum Gasteiger partial charge on any atom is 0.162 e. The summed E-state index contributed by atoms with van der Waals surface area (Å²) in [7, 11) is 0. The van der Waals surface area contributed by atoms with Gasteiger partial charge >= 0.3 is 0 Å². The smallest absolute Gasteiger partial charge is 0.162 e. The van der Waals surface area contributed by atoms with Gasteiger partial charge in [-0.15, -0.1) is 0 Å². The molecule has 0 N–H and O–H groups in total. The average molecular weight is 894 g/mol. The minimum atomic E-state index is 0.424. The third kappa shape index (κ3) is 6.90. The first-order valence-electron chi connectivity index (χ1n) is 23.3. The van der Waals surface area contributed by atoms with Crippen molar-refractivity contribution in [1.29, 1.82) is 5.26 Å². The Balaban J connectivity index is 1.16. The highest BCUT2D eigenvalue weighted by molar-refractivity contribution is 6.13. The number of fused-ring (bicyclic) bond motifs is 6. The molecule has 0 saturated heterocycles. The highest BCUT2D eigenvalue weighted by Gasteiger charge is 2.26. The molecule has 0 aliphatic heterocycles. The van der Waals surface area contributed by atoms with Crippen LogP contribution in [0.15, 0.2) is 237 Å². The molecular weight excluding hydrogens is 855 g/mol. The van der Waals surface area contributed by atoms with E-state index in [1.807, 2.05) is 97.1 Å². The molecule has 0 fully saturated rings. The van der Waals surface area contributed by atoms with Crippen LogP contribution in [-0.2, 0) is 0 Å². The highest BCUT2D eigenvalue weighted by atomic mass is 15.0. The lowest BCUT2D eigenvalue weighted by Gasteiger charge is -2.20. The van der Waals surface area contributed by atoms with E-state index in [9.17, 15) is 5.26 Å². The largest absolute Gasteiger partial charge is 0.309 e. The molecule has 0 spiro atoms. The fourth-order valence-corrected chi connectivity index (χ4v) is 9.98. The molecule has 9 aromatic carbocycles. The van der Waals surface area contributed by atoms with Crippen LogP contribution in [0.5, 0.6) is 0 Å². The van der Waals surface area contributed by atoms with Crippen molar-refractivity contribution in [3.63, 3.8) is 0 Å². The molecule has 0 bridgehead atoms. The van der Waals surface area contributed by atoms with E-state index in [-0.39, 0.29) is 0 Å². The van der Waals surface area contributed by atoms with Crippen molar-refractivity contribution in [2.24, 2.45) is 0 Å². The second-order valence-corrected chi connectivity index (χ2v) is 17.3. The Morgan fingerprint density at radius 1 is 0.314 bits per heavy atom. The third-order valence-electron chi connectivity index (χ3n) is 13.2. The van der Waals surface area contributed by atoms with Gasteiger partial charge in [0.2, 0.25) is 0 Å². The van der Waals surface area contributed by atoms with E-state index in [0.29, 0.717) is 28.3 Å². The highest BCUT2D eigenvalue weighted by Crippen LogP contribution is 2.43. The first-order valence-corrected chi connectivity index (χ1v) is 23.3. The lowest BCUT2D eigenvalue weighted by Crippen LogP contribution is -2.06. The van der Waals surface area contributed by atoms with Gasteiger partial charge in [-0.2, -0.15) is 5.26 Å². The maximum absolute atomic E-state index is 11.0.